The fourth-order valence-corrected chi connectivity index (χ4v) is 2.63. The van der Waals surface area contributed by atoms with Crippen LogP contribution in [0.3, 0.4) is 0 Å². The third-order valence-electron chi connectivity index (χ3n) is 1.13. The summed E-state index contributed by atoms with van der Waals surface area (Å²) < 4.78 is 123. The molecule has 0 atom stereocenters. The number of sulfonamides is 2. The molecule has 0 aliphatic carbocycles. The zero-order chi connectivity index (χ0) is 14.3. The van der Waals surface area contributed by atoms with Crippen LogP contribution in [0.5, 0.6) is 0 Å². The van der Waals surface area contributed by atoms with Crippen LogP contribution in [-0.4, -0.2) is 34.0 Å². The molecular weight excluding hydrogens is 311 g/mol. The van der Waals surface area contributed by atoms with Gasteiger partial charge < -0.3 is 0 Å². The standard InChI is InChI=1S/C3H2F7NO4S2/c4-1(5)16(12,13)11-17(14,15)3(9,10)2(6,7)8/h1,11H. The molecule has 0 aromatic heterocycles. The second kappa shape index (κ2) is 4.24. The van der Waals surface area contributed by atoms with Crippen LogP contribution < -0.4 is 4.13 Å². The monoisotopic (exact) mass is 313 g/mol. The summed E-state index contributed by atoms with van der Waals surface area (Å²) in [6.45, 7) is 0. The minimum Gasteiger partial charge on any atom is -0.205 e. The van der Waals surface area contributed by atoms with E-state index >= 15 is 0 Å². The van der Waals surface area contributed by atoms with Gasteiger partial charge in [-0.1, -0.05) is 4.13 Å². The fourth-order valence-electron chi connectivity index (χ4n) is 0.394. The van der Waals surface area contributed by atoms with E-state index in [2.05, 4.69) is 0 Å². The number of alkyl halides is 7. The Bertz CT molecular complexity index is 476. The lowest BCUT2D eigenvalue weighted by Crippen LogP contribution is -2.52. The van der Waals surface area contributed by atoms with Crippen molar-refractivity contribution in [3.8, 4) is 0 Å². The van der Waals surface area contributed by atoms with Gasteiger partial charge in [0, 0.05) is 0 Å². The van der Waals surface area contributed by atoms with Crippen molar-refractivity contribution in [1.29, 1.82) is 0 Å². The maximum atomic E-state index is 12.2. The molecule has 0 spiro atoms. The van der Waals surface area contributed by atoms with Crippen molar-refractivity contribution in [2.75, 3.05) is 0 Å². The summed E-state index contributed by atoms with van der Waals surface area (Å²) in [4.78, 5) is 0. The van der Waals surface area contributed by atoms with E-state index in [0.29, 0.717) is 0 Å². The SMILES string of the molecule is O=S(=O)(NS(=O)(=O)C(F)(F)C(F)(F)F)C(F)F. The lowest BCUT2D eigenvalue weighted by molar-refractivity contribution is -0.241. The molecule has 17 heavy (non-hydrogen) atoms. The summed E-state index contributed by atoms with van der Waals surface area (Å²) in [5, 5.41) is -6.53. The highest BCUT2D eigenvalue weighted by Gasteiger charge is 2.68. The molecule has 104 valence electrons. The third-order valence-corrected chi connectivity index (χ3v) is 4.31. The van der Waals surface area contributed by atoms with E-state index in [1.807, 2.05) is 0 Å². The van der Waals surface area contributed by atoms with Crippen molar-refractivity contribution in [1.82, 2.24) is 4.13 Å². The van der Waals surface area contributed by atoms with E-state index in [0.717, 1.165) is 0 Å². The van der Waals surface area contributed by atoms with Gasteiger partial charge in [0.1, 0.15) is 0 Å². The van der Waals surface area contributed by atoms with E-state index in [1.165, 1.54) is 0 Å². The Hall–Kier alpha value is -0.630. The third kappa shape index (κ3) is 3.19. The van der Waals surface area contributed by atoms with Gasteiger partial charge in [-0.2, -0.15) is 30.7 Å². The quantitative estimate of drug-likeness (QED) is 0.771. The van der Waals surface area contributed by atoms with Crippen LogP contribution in [0.15, 0.2) is 0 Å². The Morgan fingerprint density at radius 3 is 1.47 bits per heavy atom. The Balaban J connectivity index is 5.50. The minimum atomic E-state index is -6.90. The Labute approximate surface area is 89.7 Å². The summed E-state index contributed by atoms with van der Waals surface area (Å²) in [6.07, 6.45) is -6.66. The number of nitrogens with one attached hydrogen (secondary N) is 1. The van der Waals surface area contributed by atoms with Crippen LogP contribution in [0, 0.1) is 0 Å². The summed E-state index contributed by atoms with van der Waals surface area (Å²) >= 11 is 0. The van der Waals surface area contributed by atoms with Crippen LogP contribution in [0.25, 0.3) is 0 Å². The molecule has 0 aromatic carbocycles. The van der Waals surface area contributed by atoms with Gasteiger partial charge >= 0.3 is 17.2 Å². The van der Waals surface area contributed by atoms with Gasteiger partial charge in [-0.25, -0.2) is 16.8 Å². The Kier molecular flexibility index (Phi) is 4.08. The van der Waals surface area contributed by atoms with Crippen LogP contribution in [0.4, 0.5) is 30.7 Å². The molecule has 0 fully saturated rings. The second-order valence-corrected chi connectivity index (χ2v) is 6.04. The van der Waals surface area contributed by atoms with Crippen LogP contribution in [-0.2, 0) is 20.0 Å². The smallest absolute Gasteiger partial charge is 0.205 e. The Morgan fingerprint density at radius 1 is 0.882 bits per heavy atom. The van der Waals surface area contributed by atoms with Gasteiger partial charge in [0.2, 0.25) is 0 Å². The minimum absolute atomic E-state index is 0.397. The first-order valence-electron chi connectivity index (χ1n) is 3.15. The van der Waals surface area contributed by atoms with Gasteiger partial charge in [-0.05, 0) is 0 Å². The second-order valence-electron chi connectivity index (χ2n) is 2.41. The van der Waals surface area contributed by atoms with Crippen LogP contribution >= 0.6 is 0 Å². The zero-order valence-electron chi connectivity index (χ0n) is 7.17. The predicted molar refractivity (Wildman–Crippen MR) is 38.0 cm³/mol. The molecule has 0 aliphatic rings. The van der Waals surface area contributed by atoms with Crippen molar-refractivity contribution in [3.63, 3.8) is 0 Å². The average molecular weight is 313 g/mol. The molecule has 0 bridgehead atoms. The maximum absolute atomic E-state index is 12.2. The molecule has 0 heterocycles. The first kappa shape index (κ1) is 16.4. The lowest BCUT2D eigenvalue weighted by atomic mass is 10.7. The molecular formula is C3H2F7NO4S2. The highest BCUT2D eigenvalue weighted by molar-refractivity contribution is 8.05. The predicted octanol–water partition coefficient (Wildman–Crippen LogP) is 0.613. The number of halogens is 7. The molecule has 0 rings (SSSR count). The fraction of sp³-hybridized carbons (Fsp3) is 1.00. The molecule has 14 heteroatoms. The van der Waals surface area contributed by atoms with Crippen molar-refractivity contribution >= 4 is 20.0 Å². The zero-order valence-corrected chi connectivity index (χ0v) is 8.81. The molecule has 0 radical (unpaired) electrons. The highest BCUT2D eigenvalue weighted by Crippen LogP contribution is 2.39. The average Bonchev–Trinajstić information content (AvgIpc) is 1.98. The van der Waals surface area contributed by atoms with E-state index in [1.54, 1.807) is 0 Å². The van der Waals surface area contributed by atoms with Gasteiger partial charge in [0.25, 0.3) is 20.0 Å². The van der Waals surface area contributed by atoms with Crippen molar-refractivity contribution < 1.29 is 47.6 Å². The van der Waals surface area contributed by atoms with Gasteiger partial charge in [-0.15, -0.1) is 0 Å². The summed E-state index contributed by atoms with van der Waals surface area (Å²) in [7, 11) is -13.0. The summed E-state index contributed by atoms with van der Waals surface area (Å²) in [6, 6.07) is 0. The van der Waals surface area contributed by atoms with Crippen molar-refractivity contribution in [2.45, 2.75) is 17.2 Å². The number of hydrogen-bond acceptors (Lipinski definition) is 4. The van der Waals surface area contributed by atoms with Crippen molar-refractivity contribution in [3.05, 3.63) is 0 Å². The molecule has 0 aromatic rings. The summed E-state index contributed by atoms with van der Waals surface area (Å²) in [5.41, 5.74) is 0. The van der Waals surface area contributed by atoms with Crippen LogP contribution in [0.1, 0.15) is 0 Å². The van der Waals surface area contributed by atoms with E-state index in [4.69, 9.17) is 0 Å². The molecule has 0 amide bonds. The van der Waals surface area contributed by atoms with Gasteiger partial charge in [-0.3, -0.25) is 0 Å². The molecule has 1 N–H and O–H groups in total. The molecule has 0 unspecified atom stereocenters. The summed E-state index contributed by atoms with van der Waals surface area (Å²) in [5.74, 6) is -4.48. The first-order valence-corrected chi connectivity index (χ1v) is 6.18. The number of hydrogen-bond donors (Lipinski definition) is 1. The van der Waals surface area contributed by atoms with Gasteiger partial charge in [0.05, 0.1) is 0 Å². The maximum Gasteiger partial charge on any atom is 0.471 e. The molecule has 0 saturated carbocycles. The topological polar surface area (TPSA) is 80.3 Å². The Morgan fingerprint density at radius 2 is 1.24 bits per heavy atom. The molecule has 5 nitrogen and oxygen atoms in total. The van der Waals surface area contributed by atoms with Crippen molar-refractivity contribution in [2.24, 2.45) is 0 Å². The van der Waals surface area contributed by atoms with Crippen LogP contribution in [0.2, 0.25) is 0 Å². The van der Waals surface area contributed by atoms with E-state index in [9.17, 15) is 47.6 Å². The molecule has 0 saturated heterocycles. The van der Waals surface area contributed by atoms with E-state index in [-0.39, 0.29) is 0 Å². The largest absolute Gasteiger partial charge is 0.471 e. The van der Waals surface area contributed by atoms with E-state index < -0.39 is 41.4 Å². The lowest BCUT2D eigenvalue weighted by Gasteiger charge is -2.19. The number of rotatable bonds is 4. The van der Waals surface area contributed by atoms with Gasteiger partial charge in [0.15, 0.2) is 0 Å². The highest BCUT2D eigenvalue weighted by atomic mass is 32.3. The normalized spacial score (nSPS) is 15.3. The molecule has 0 aliphatic heterocycles. The first-order chi connectivity index (χ1) is 7.15.